The normalized spacial score (nSPS) is 19.9. The Morgan fingerprint density at radius 3 is 2.50 bits per heavy atom. The van der Waals surface area contributed by atoms with Gasteiger partial charge in [0.25, 0.3) is 0 Å². The largest absolute Gasteiger partial charge is 0.508 e. The summed E-state index contributed by atoms with van der Waals surface area (Å²) < 4.78 is 0.918. The zero-order valence-electron chi connectivity index (χ0n) is 7.96. The first-order valence-corrected chi connectivity index (χ1v) is 5.69. The van der Waals surface area contributed by atoms with Gasteiger partial charge in [0.05, 0.1) is 0 Å². The Hall–Kier alpha value is -0.540. The van der Waals surface area contributed by atoms with Crippen molar-refractivity contribution in [3.63, 3.8) is 0 Å². The fraction of sp³-hybridized carbons (Fsp3) is 0.455. The SMILES string of the molecule is NC1(c2ccc(O)cc2Br)CCCC1. The van der Waals surface area contributed by atoms with E-state index < -0.39 is 0 Å². The summed E-state index contributed by atoms with van der Waals surface area (Å²) in [6.07, 6.45) is 4.47. The molecular weight excluding hydrogens is 242 g/mol. The second kappa shape index (κ2) is 3.55. The third-order valence-electron chi connectivity index (χ3n) is 2.98. The van der Waals surface area contributed by atoms with Crippen LogP contribution in [0.2, 0.25) is 0 Å². The Kier molecular flexibility index (Phi) is 2.54. The van der Waals surface area contributed by atoms with Crippen molar-refractivity contribution in [2.45, 2.75) is 31.2 Å². The number of benzene rings is 1. The number of rotatable bonds is 1. The van der Waals surface area contributed by atoms with Crippen LogP contribution >= 0.6 is 15.9 Å². The van der Waals surface area contributed by atoms with Crippen molar-refractivity contribution in [1.29, 1.82) is 0 Å². The minimum Gasteiger partial charge on any atom is -0.508 e. The molecule has 1 aromatic rings. The summed E-state index contributed by atoms with van der Waals surface area (Å²) in [7, 11) is 0. The summed E-state index contributed by atoms with van der Waals surface area (Å²) in [6.45, 7) is 0. The lowest BCUT2D eigenvalue weighted by Gasteiger charge is -2.25. The number of halogens is 1. The van der Waals surface area contributed by atoms with Crippen LogP contribution in [0.5, 0.6) is 5.75 Å². The summed E-state index contributed by atoms with van der Waals surface area (Å²) in [6, 6.07) is 5.33. The number of aromatic hydroxyl groups is 1. The number of hydrogen-bond donors (Lipinski definition) is 2. The maximum absolute atomic E-state index is 9.29. The fourth-order valence-corrected chi connectivity index (χ4v) is 2.94. The molecule has 0 spiro atoms. The van der Waals surface area contributed by atoms with E-state index in [-0.39, 0.29) is 11.3 Å². The molecular formula is C11H14BrNO. The minimum absolute atomic E-state index is 0.188. The van der Waals surface area contributed by atoms with Crippen molar-refractivity contribution >= 4 is 15.9 Å². The second-order valence-corrected chi connectivity index (χ2v) is 4.88. The Bertz CT molecular complexity index is 345. The highest BCUT2D eigenvalue weighted by Gasteiger charge is 2.32. The average Bonchev–Trinajstić information content (AvgIpc) is 2.52. The van der Waals surface area contributed by atoms with E-state index in [0.29, 0.717) is 0 Å². The molecule has 1 saturated carbocycles. The zero-order valence-corrected chi connectivity index (χ0v) is 9.55. The lowest BCUT2D eigenvalue weighted by molar-refractivity contribution is 0.453. The van der Waals surface area contributed by atoms with Gasteiger partial charge in [0.2, 0.25) is 0 Å². The fourth-order valence-electron chi connectivity index (χ4n) is 2.18. The molecule has 1 fully saturated rings. The Morgan fingerprint density at radius 1 is 1.29 bits per heavy atom. The number of nitrogens with two attached hydrogens (primary N) is 1. The Morgan fingerprint density at radius 2 is 1.93 bits per heavy atom. The van der Waals surface area contributed by atoms with Crippen LogP contribution in [0.1, 0.15) is 31.2 Å². The van der Waals surface area contributed by atoms with Gasteiger partial charge in [-0.2, -0.15) is 0 Å². The van der Waals surface area contributed by atoms with E-state index in [1.807, 2.05) is 6.07 Å². The first kappa shape index (κ1) is 9.99. The Balaban J connectivity index is 2.40. The van der Waals surface area contributed by atoms with E-state index in [1.54, 1.807) is 12.1 Å². The summed E-state index contributed by atoms with van der Waals surface area (Å²) in [5.74, 6) is 0.280. The van der Waals surface area contributed by atoms with E-state index in [0.717, 1.165) is 22.9 Å². The summed E-state index contributed by atoms with van der Waals surface area (Å²) in [5, 5.41) is 9.29. The summed E-state index contributed by atoms with van der Waals surface area (Å²) in [5.41, 5.74) is 7.25. The first-order chi connectivity index (χ1) is 6.62. The number of phenols is 1. The molecule has 0 amide bonds. The van der Waals surface area contributed by atoms with Crippen LogP contribution in [0.3, 0.4) is 0 Å². The maximum Gasteiger partial charge on any atom is 0.116 e. The molecule has 0 saturated heterocycles. The minimum atomic E-state index is -0.188. The number of hydrogen-bond acceptors (Lipinski definition) is 2. The summed E-state index contributed by atoms with van der Waals surface area (Å²) >= 11 is 3.45. The maximum atomic E-state index is 9.29. The molecule has 2 nitrogen and oxygen atoms in total. The lowest BCUT2D eigenvalue weighted by atomic mass is 9.89. The van der Waals surface area contributed by atoms with Crippen LogP contribution in [-0.2, 0) is 5.54 Å². The number of phenolic OH excluding ortho intramolecular Hbond substituents is 1. The van der Waals surface area contributed by atoms with Crippen LogP contribution in [-0.4, -0.2) is 5.11 Å². The average molecular weight is 256 g/mol. The van der Waals surface area contributed by atoms with E-state index in [2.05, 4.69) is 15.9 Å². The smallest absolute Gasteiger partial charge is 0.116 e. The molecule has 0 radical (unpaired) electrons. The van der Waals surface area contributed by atoms with Crippen LogP contribution in [0.25, 0.3) is 0 Å². The topological polar surface area (TPSA) is 46.2 Å². The highest BCUT2D eigenvalue weighted by Crippen LogP contribution is 2.40. The van der Waals surface area contributed by atoms with E-state index >= 15 is 0 Å². The van der Waals surface area contributed by atoms with Crippen molar-refractivity contribution in [1.82, 2.24) is 0 Å². The standard InChI is InChI=1S/C11H14BrNO/c12-10-7-8(14)3-4-9(10)11(13)5-1-2-6-11/h3-4,7,14H,1-2,5-6,13H2. The van der Waals surface area contributed by atoms with Crippen molar-refractivity contribution < 1.29 is 5.11 Å². The van der Waals surface area contributed by atoms with Crippen LogP contribution < -0.4 is 5.73 Å². The molecule has 0 unspecified atom stereocenters. The van der Waals surface area contributed by atoms with Gasteiger partial charge in [-0.3, -0.25) is 0 Å². The van der Waals surface area contributed by atoms with Gasteiger partial charge < -0.3 is 10.8 Å². The van der Waals surface area contributed by atoms with E-state index in [9.17, 15) is 5.11 Å². The first-order valence-electron chi connectivity index (χ1n) is 4.90. The van der Waals surface area contributed by atoms with Crippen molar-refractivity contribution in [3.8, 4) is 5.75 Å². The molecule has 1 aliphatic rings. The van der Waals surface area contributed by atoms with Crippen LogP contribution in [0.4, 0.5) is 0 Å². The molecule has 14 heavy (non-hydrogen) atoms. The van der Waals surface area contributed by atoms with Gasteiger partial charge in [0.15, 0.2) is 0 Å². The van der Waals surface area contributed by atoms with Crippen molar-refractivity contribution in [2.24, 2.45) is 5.73 Å². The van der Waals surface area contributed by atoms with Gasteiger partial charge in [0.1, 0.15) is 5.75 Å². The van der Waals surface area contributed by atoms with Crippen molar-refractivity contribution in [2.75, 3.05) is 0 Å². The monoisotopic (exact) mass is 255 g/mol. The molecule has 0 atom stereocenters. The highest BCUT2D eigenvalue weighted by atomic mass is 79.9. The van der Waals surface area contributed by atoms with E-state index in [4.69, 9.17) is 5.73 Å². The van der Waals surface area contributed by atoms with Crippen LogP contribution in [0.15, 0.2) is 22.7 Å². The van der Waals surface area contributed by atoms with Crippen molar-refractivity contribution in [3.05, 3.63) is 28.2 Å². The quantitative estimate of drug-likeness (QED) is 0.811. The highest BCUT2D eigenvalue weighted by molar-refractivity contribution is 9.10. The second-order valence-electron chi connectivity index (χ2n) is 4.03. The molecule has 1 aromatic carbocycles. The van der Waals surface area contributed by atoms with Gasteiger partial charge >= 0.3 is 0 Å². The van der Waals surface area contributed by atoms with Gasteiger partial charge in [-0.25, -0.2) is 0 Å². The summed E-state index contributed by atoms with van der Waals surface area (Å²) in [4.78, 5) is 0. The third-order valence-corrected chi connectivity index (χ3v) is 3.64. The van der Waals surface area contributed by atoms with Gasteiger partial charge in [-0.05, 0) is 30.5 Å². The van der Waals surface area contributed by atoms with E-state index in [1.165, 1.54) is 12.8 Å². The molecule has 2 rings (SSSR count). The predicted octanol–water partition coefficient (Wildman–Crippen LogP) is 2.88. The molecule has 3 N–H and O–H groups in total. The third kappa shape index (κ3) is 1.66. The molecule has 76 valence electrons. The molecule has 0 aliphatic heterocycles. The van der Waals surface area contributed by atoms with Gasteiger partial charge in [-0.1, -0.05) is 34.8 Å². The molecule has 0 heterocycles. The molecule has 3 heteroatoms. The molecule has 1 aliphatic carbocycles. The zero-order chi connectivity index (χ0) is 10.2. The molecule has 0 aromatic heterocycles. The molecule has 0 bridgehead atoms. The predicted molar refractivity (Wildman–Crippen MR) is 60.1 cm³/mol. The van der Waals surface area contributed by atoms with Crippen LogP contribution in [0, 0.1) is 0 Å². The van der Waals surface area contributed by atoms with Gasteiger partial charge in [-0.15, -0.1) is 0 Å². The lowest BCUT2D eigenvalue weighted by Crippen LogP contribution is -2.33. The Labute approximate surface area is 92.3 Å². The van der Waals surface area contributed by atoms with Gasteiger partial charge in [0, 0.05) is 10.0 Å².